The van der Waals surface area contributed by atoms with Gasteiger partial charge in [0.1, 0.15) is 0 Å². The van der Waals surface area contributed by atoms with Gasteiger partial charge < -0.3 is 0 Å². The molecule has 1 aromatic rings. The van der Waals surface area contributed by atoms with E-state index in [0.717, 1.165) is 6.42 Å². The smallest absolute Gasteiger partial charge is 0.00946 e. The van der Waals surface area contributed by atoms with Gasteiger partial charge in [-0.2, -0.15) is 0 Å². The molecule has 2 rings (SSSR count). The first-order chi connectivity index (χ1) is 7.27. The van der Waals surface area contributed by atoms with Crippen LogP contribution < -0.4 is 0 Å². The van der Waals surface area contributed by atoms with Crippen LogP contribution in [0.5, 0.6) is 0 Å². The summed E-state index contributed by atoms with van der Waals surface area (Å²) < 4.78 is 0. The number of hydrogen-bond acceptors (Lipinski definition) is 0. The van der Waals surface area contributed by atoms with Crippen molar-refractivity contribution in [2.75, 3.05) is 0 Å². The Morgan fingerprint density at radius 2 is 1.87 bits per heavy atom. The highest BCUT2D eigenvalue weighted by molar-refractivity contribution is 5.69. The minimum atomic E-state index is 1.09. The standard InChI is InChI=1S/C15H18/c1-12-9-10-15(13(2)11-12)14-7-5-3-4-6-8-14/h3,5,8-11H,4,6-7H2,1-2H3. The zero-order valence-corrected chi connectivity index (χ0v) is 9.59. The fourth-order valence-corrected chi connectivity index (χ4v) is 2.16. The maximum atomic E-state index is 2.39. The second-order valence-corrected chi connectivity index (χ2v) is 4.30. The summed E-state index contributed by atoms with van der Waals surface area (Å²) in [5.41, 5.74) is 5.66. The topological polar surface area (TPSA) is 0 Å². The van der Waals surface area contributed by atoms with Crippen LogP contribution in [0.1, 0.15) is 36.0 Å². The molecular weight excluding hydrogens is 180 g/mol. The van der Waals surface area contributed by atoms with Crippen LogP contribution in [0.4, 0.5) is 0 Å². The molecule has 1 aliphatic carbocycles. The van der Waals surface area contributed by atoms with Crippen molar-refractivity contribution in [3.8, 4) is 0 Å². The molecule has 78 valence electrons. The highest BCUT2D eigenvalue weighted by Crippen LogP contribution is 2.25. The molecule has 0 fully saturated rings. The van der Waals surface area contributed by atoms with Crippen LogP contribution in [-0.4, -0.2) is 0 Å². The Bertz CT molecular complexity index is 408. The van der Waals surface area contributed by atoms with E-state index < -0.39 is 0 Å². The summed E-state index contributed by atoms with van der Waals surface area (Å²) in [5, 5.41) is 0. The summed E-state index contributed by atoms with van der Waals surface area (Å²) in [5.74, 6) is 0. The largest absolute Gasteiger partial charge is 0.0879 e. The highest BCUT2D eigenvalue weighted by Gasteiger charge is 2.05. The minimum Gasteiger partial charge on any atom is -0.0879 e. The van der Waals surface area contributed by atoms with Gasteiger partial charge in [0.15, 0.2) is 0 Å². The van der Waals surface area contributed by atoms with Crippen molar-refractivity contribution >= 4 is 5.57 Å². The number of rotatable bonds is 1. The van der Waals surface area contributed by atoms with Crippen LogP contribution in [0.25, 0.3) is 5.57 Å². The second kappa shape index (κ2) is 4.48. The molecular formula is C15H18. The minimum absolute atomic E-state index is 1.09. The molecule has 0 radical (unpaired) electrons. The maximum Gasteiger partial charge on any atom is -0.00946 e. The van der Waals surface area contributed by atoms with E-state index in [-0.39, 0.29) is 0 Å². The van der Waals surface area contributed by atoms with Crippen LogP contribution >= 0.6 is 0 Å². The summed E-state index contributed by atoms with van der Waals surface area (Å²) >= 11 is 0. The van der Waals surface area contributed by atoms with Crippen molar-refractivity contribution in [1.82, 2.24) is 0 Å². The molecule has 0 bridgehead atoms. The van der Waals surface area contributed by atoms with Crippen LogP contribution in [0.3, 0.4) is 0 Å². The van der Waals surface area contributed by atoms with Crippen LogP contribution in [0.15, 0.2) is 36.4 Å². The molecule has 1 aromatic carbocycles. The van der Waals surface area contributed by atoms with E-state index in [9.17, 15) is 0 Å². The molecule has 0 aromatic heterocycles. The fraction of sp³-hybridized carbons (Fsp3) is 0.333. The van der Waals surface area contributed by atoms with Crippen molar-refractivity contribution in [1.29, 1.82) is 0 Å². The van der Waals surface area contributed by atoms with Crippen molar-refractivity contribution < 1.29 is 0 Å². The lowest BCUT2D eigenvalue weighted by Crippen LogP contribution is -1.89. The third-order valence-electron chi connectivity index (χ3n) is 2.96. The Morgan fingerprint density at radius 1 is 1.00 bits per heavy atom. The zero-order chi connectivity index (χ0) is 10.7. The predicted molar refractivity (Wildman–Crippen MR) is 66.9 cm³/mol. The molecule has 0 unspecified atom stereocenters. The Morgan fingerprint density at radius 3 is 2.67 bits per heavy atom. The SMILES string of the molecule is Cc1ccc(C2=CCCC=CC2)c(C)c1. The molecule has 0 spiro atoms. The van der Waals surface area contributed by atoms with E-state index in [2.05, 4.69) is 50.3 Å². The molecule has 0 heteroatoms. The lowest BCUT2D eigenvalue weighted by Gasteiger charge is -2.09. The molecule has 0 atom stereocenters. The molecule has 1 aliphatic rings. The summed E-state index contributed by atoms with van der Waals surface area (Å²) in [4.78, 5) is 0. The van der Waals surface area contributed by atoms with E-state index in [1.54, 1.807) is 0 Å². The van der Waals surface area contributed by atoms with Crippen molar-refractivity contribution in [2.45, 2.75) is 33.1 Å². The number of allylic oxidation sites excluding steroid dienone is 4. The molecule has 0 heterocycles. The van der Waals surface area contributed by atoms with Gasteiger partial charge in [0.05, 0.1) is 0 Å². The third kappa shape index (κ3) is 2.38. The second-order valence-electron chi connectivity index (χ2n) is 4.30. The van der Waals surface area contributed by atoms with Gasteiger partial charge >= 0.3 is 0 Å². The number of hydrogen-bond donors (Lipinski definition) is 0. The van der Waals surface area contributed by atoms with Gasteiger partial charge in [-0.1, -0.05) is 42.0 Å². The van der Waals surface area contributed by atoms with Crippen molar-refractivity contribution in [2.24, 2.45) is 0 Å². The summed E-state index contributed by atoms with van der Waals surface area (Å²) in [6, 6.07) is 6.73. The maximum absolute atomic E-state index is 2.39. The molecule has 0 amide bonds. The van der Waals surface area contributed by atoms with Gasteiger partial charge in [-0.05, 0) is 49.8 Å². The van der Waals surface area contributed by atoms with E-state index >= 15 is 0 Å². The zero-order valence-electron chi connectivity index (χ0n) is 9.59. The first kappa shape index (κ1) is 10.2. The third-order valence-corrected chi connectivity index (χ3v) is 2.96. The van der Waals surface area contributed by atoms with Gasteiger partial charge in [0.25, 0.3) is 0 Å². The van der Waals surface area contributed by atoms with Crippen LogP contribution in [-0.2, 0) is 0 Å². The fourth-order valence-electron chi connectivity index (χ4n) is 2.16. The van der Waals surface area contributed by atoms with E-state index in [4.69, 9.17) is 0 Å². The molecule has 0 saturated carbocycles. The average Bonchev–Trinajstić information content (AvgIpc) is 2.46. The van der Waals surface area contributed by atoms with Crippen LogP contribution in [0, 0.1) is 13.8 Å². The quantitative estimate of drug-likeness (QED) is 0.586. The van der Waals surface area contributed by atoms with E-state index in [0.29, 0.717) is 0 Å². The lowest BCUT2D eigenvalue weighted by atomic mass is 9.96. The molecule has 0 saturated heterocycles. The normalized spacial score (nSPS) is 16.0. The lowest BCUT2D eigenvalue weighted by molar-refractivity contribution is 1.06. The highest BCUT2D eigenvalue weighted by atomic mass is 14.1. The summed E-state index contributed by atoms with van der Waals surface area (Å²) in [6.45, 7) is 4.36. The van der Waals surface area contributed by atoms with Gasteiger partial charge in [-0.3, -0.25) is 0 Å². The molecule has 0 N–H and O–H groups in total. The first-order valence-electron chi connectivity index (χ1n) is 5.69. The Kier molecular flexibility index (Phi) is 3.05. The predicted octanol–water partition coefficient (Wildman–Crippen LogP) is 4.43. The monoisotopic (exact) mass is 198 g/mol. The number of benzene rings is 1. The van der Waals surface area contributed by atoms with E-state index in [1.807, 2.05) is 0 Å². The van der Waals surface area contributed by atoms with Crippen molar-refractivity contribution in [3.05, 3.63) is 53.1 Å². The Balaban J connectivity index is 2.36. The number of aryl methyl sites for hydroxylation is 2. The van der Waals surface area contributed by atoms with Gasteiger partial charge in [0, 0.05) is 0 Å². The van der Waals surface area contributed by atoms with Crippen LogP contribution in [0.2, 0.25) is 0 Å². The van der Waals surface area contributed by atoms with Gasteiger partial charge in [-0.15, -0.1) is 0 Å². The average molecular weight is 198 g/mol. The molecule has 15 heavy (non-hydrogen) atoms. The van der Waals surface area contributed by atoms with Gasteiger partial charge in [0.2, 0.25) is 0 Å². The Labute approximate surface area is 92.3 Å². The molecule has 0 nitrogen and oxygen atoms in total. The molecule has 0 aliphatic heterocycles. The Hall–Kier alpha value is -1.30. The summed E-state index contributed by atoms with van der Waals surface area (Å²) in [6.07, 6.45) is 10.4. The van der Waals surface area contributed by atoms with Crippen molar-refractivity contribution in [3.63, 3.8) is 0 Å². The summed E-state index contributed by atoms with van der Waals surface area (Å²) in [7, 11) is 0. The van der Waals surface area contributed by atoms with Gasteiger partial charge in [-0.25, -0.2) is 0 Å². The first-order valence-corrected chi connectivity index (χ1v) is 5.69. The van der Waals surface area contributed by atoms with E-state index in [1.165, 1.54) is 35.1 Å².